The molecule has 0 heterocycles. The minimum absolute atomic E-state index is 0.0601. The standard InChI is InChI=1S/C18H25NO5.C16H23NO4/c1-12(20)16(19-13(2)21)10-14-7-6-8-15(9-14)23-11-17(22)24-18(3,4)5;1-11(18)14(17)9-12-6-5-7-13(8-12)20-10-15(19)21-16(2,3)4/h6-9,16H,10-11H2,1-5H3,(H,19,21);5-8,14H,9-10,17H2,1-4H3. The number of benzene rings is 2. The van der Waals surface area contributed by atoms with Gasteiger partial charge in [-0.3, -0.25) is 14.4 Å². The first-order chi connectivity index (χ1) is 20.7. The van der Waals surface area contributed by atoms with Gasteiger partial charge in [-0.15, -0.1) is 0 Å². The molecule has 11 heteroatoms. The second-order valence-corrected chi connectivity index (χ2v) is 12.5. The maximum Gasteiger partial charge on any atom is 0.344 e. The zero-order valence-corrected chi connectivity index (χ0v) is 27.9. The summed E-state index contributed by atoms with van der Waals surface area (Å²) in [5, 5.41) is 2.62. The molecule has 248 valence electrons. The van der Waals surface area contributed by atoms with Crippen molar-refractivity contribution in [1.29, 1.82) is 0 Å². The number of nitrogens with one attached hydrogen (secondary N) is 1. The maximum absolute atomic E-state index is 11.7. The summed E-state index contributed by atoms with van der Waals surface area (Å²) in [5.41, 5.74) is 6.35. The van der Waals surface area contributed by atoms with Crippen molar-refractivity contribution in [3.8, 4) is 11.5 Å². The van der Waals surface area contributed by atoms with E-state index >= 15 is 0 Å². The van der Waals surface area contributed by atoms with Crippen LogP contribution < -0.4 is 20.5 Å². The van der Waals surface area contributed by atoms with Crippen LogP contribution in [0.2, 0.25) is 0 Å². The van der Waals surface area contributed by atoms with Crippen LogP contribution in [0.25, 0.3) is 0 Å². The van der Waals surface area contributed by atoms with Gasteiger partial charge in [-0.1, -0.05) is 24.3 Å². The summed E-state index contributed by atoms with van der Waals surface area (Å²) in [4.78, 5) is 57.2. The molecule has 0 saturated carbocycles. The van der Waals surface area contributed by atoms with Crippen LogP contribution in [-0.2, 0) is 46.3 Å². The average molecular weight is 629 g/mol. The van der Waals surface area contributed by atoms with Gasteiger partial charge >= 0.3 is 11.9 Å². The first-order valence-corrected chi connectivity index (χ1v) is 14.6. The van der Waals surface area contributed by atoms with Crippen LogP contribution in [0.1, 0.15) is 73.4 Å². The quantitative estimate of drug-likeness (QED) is 0.311. The number of nitrogens with two attached hydrogens (primary N) is 1. The Morgan fingerprint density at radius 2 is 1.11 bits per heavy atom. The summed E-state index contributed by atoms with van der Waals surface area (Å²) < 4.78 is 21.2. The Balaban J connectivity index is 0.000000454. The molecule has 0 saturated heterocycles. The van der Waals surface area contributed by atoms with Crippen molar-refractivity contribution in [1.82, 2.24) is 5.32 Å². The summed E-state index contributed by atoms with van der Waals surface area (Å²) in [6, 6.07) is 13.1. The van der Waals surface area contributed by atoms with Gasteiger partial charge in [0.05, 0.1) is 12.1 Å². The highest BCUT2D eigenvalue weighted by Gasteiger charge is 2.19. The summed E-state index contributed by atoms with van der Waals surface area (Å²) in [5.74, 6) is -0.258. The van der Waals surface area contributed by atoms with Crippen LogP contribution >= 0.6 is 0 Å². The molecule has 45 heavy (non-hydrogen) atoms. The molecule has 0 bridgehead atoms. The van der Waals surface area contributed by atoms with Crippen LogP contribution in [0.5, 0.6) is 11.5 Å². The Bertz CT molecular complexity index is 1310. The summed E-state index contributed by atoms with van der Waals surface area (Å²) in [7, 11) is 0. The fourth-order valence-electron chi connectivity index (χ4n) is 3.73. The number of ether oxygens (including phenoxy) is 4. The Labute approximate surface area is 266 Å². The van der Waals surface area contributed by atoms with E-state index in [4.69, 9.17) is 24.7 Å². The SMILES string of the molecule is CC(=O)C(N)Cc1cccc(OCC(=O)OC(C)(C)C)c1.CC(=O)NC(Cc1cccc(OCC(=O)OC(C)(C)C)c1)C(C)=O. The van der Waals surface area contributed by atoms with Gasteiger partial charge in [0.15, 0.2) is 19.0 Å². The number of Topliss-reactive ketones (excluding diaryl/α,β-unsaturated/α-hetero) is 2. The Kier molecular flexibility index (Phi) is 15.4. The van der Waals surface area contributed by atoms with Crippen molar-refractivity contribution in [2.75, 3.05) is 13.2 Å². The first-order valence-electron chi connectivity index (χ1n) is 14.6. The van der Waals surface area contributed by atoms with E-state index in [2.05, 4.69) is 5.32 Å². The summed E-state index contributed by atoms with van der Waals surface area (Å²) >= 11 is 0. The predicted octanol–water partition coefficient (Wildman–Crippen LogP) is 3.91. The number of esters is 2. The van der Waals surface area contributed by atoms with Gasteiger partial charge in [-0.2, -0.15) is 0 Å². The second kappa shape index (κ2) is 17.9. The van der Waals surface area contributed by atoms with Gasteiger partial charge in [0.25, 0.3) is 0 Å². The predicted molar refractivity (Wildman–Crippen MR) is 170 cm³/mol. The van der Waals surface area contributed by atoms with Crippen molar-refractivity contribution in [3.63, 3.8) is 0 Å². The van der Waals surface area contributed by atoms with Crippen LogP contribution in [0.4, 0.5) is 0 Å². The number of carbonyl (C=O) groups is 5. The van der Waals surface area contributed by atoms with Crippen molar-refractivity contribution in [2.24, 2.45) is 5.73 Å². The highest BCUT2D eigenvalue weighted by molar-refractivity contribution is 5.87. The molecular formula is C34H48N2O9. The molecule has 2 aromatic rings. The number of hydrogen-bond donors (Lipinski definition) is 2. The minimum atomic E-state index is -0.580. The Morgan fingerprint density at radius 3 is 1.47 bits per heavy atom. The molecule has 1 amide bonds. The molecule has 0 spiro atoms. The van der Waals surface area contributed by atoms with E-state index in [0.717, 1.165) is 11.1 Å². The van der Waals surface area contributed by atoms with Crippen LogP contribution in [0, 0.1) is 0 Å². The third kappa shape index (κ3) is 18.2. The van der Waals surface area contributed by atoms with Gasteiger partial charge in [-0.05, 0) is 104 Å². The number of amides is 1. The number of ketones is 2. The third-order valence-corrected chi connectivity index (χ3v) is 5.64. The molecule has 3 N–H and O–H groups in total. The molecule has 0 aliphatic rings. The first kappa shape index (κ1) is 38.8. The summed E-state index contributed by atoms with van der Waals surface area (Å²) in [6.07, 6.45) is 0.803. The lowest BCUT2D eigenvalue weighted by molar-refractivity contribution is -0.158. The highest BCUT2D eigenvalue weighted by atomic mass is 16.6. The molecule has 11 nitrogen and oxygen atoms in total. The Morgan fingerprint density at radius 1 is 0.689 bits per heavy atom. The Hall–Kier alpha value is -4.25. The van der Waals surface area contributed by atoms with Crippen LogP contribution in [0.3, 0.4) is 0 Å². The van der Waals surface area contributed by atoms with E-state index in [1.165, 1.54) is 20.8 Å². The molecule has 0 radical (unpaired) electrons. The van der Waals surface area contributed by atoms with Crippen molar-refractivity contribution >= 4 is 29.4 Å². The topological polar surface area (TPSA) is 160 Å². The van der Waals surface area contributed by atoms with E-state index in [9.17, 15) is 24.0 Å². The third-order valence-electron chi connectivity index (χ3n) is 5.64. The summed E-state index contributed by atoms with van der Waals surface area (Å²) in [6.45, 7) is 14.7. The lowest BCUT2D eigenvalue weighted by Gasteiger charge is -2.19. The van der Waals surface area contributed by atoms with Crippen LogP contribution in [0.15, 0.2) is 48.5 Å². The fourth-order valence-corrected chi connectivity index (χ4v) is 3.73. The van der Waals surface area contributed by atoms with Crippen molar-refractivity contribution < 1.29 is 42.9 Å². The average Bonchev–Trinajstić information content (AvgIpc) is 2.89. The normalized spacial score (nSPS) is 12.4. The van der Waals surface area contributed by atoms with Gasteiger partial charge in [0.2, 0.25) is 5.91 Å². The van der Waals surface area contributed by atoms with Crippen molar-refractivity contribution in [2.45, 2.75) is 98.4 Å². The lowest BCUT2D eigenvalue weighted by atomic mass is 10.0. The smallest absolute Gasteiger partial charge is 0.344 e. The number of hydrogen-bond acceptors (Lipinski definition) is 10. The minimum Gasteiger partial charge on any atom is -0.482 e. The number of carbonyl (C=O) groups excluding carboxylic acids is 5. The molecule has 0 aliphatic heterocycles. The van der Waals surface area contributed by atoms with Gasteiger partial charge < -0.3 is 30.0 Å². The molecule has 2 atom stereocenters. The van der Waals surface area contributed by atoms with Crippen molar-refractivity contribution in [3.05, 3.63) is 59.7 Å². The molecule has 0 aliphatic carbocycles. The van der Waals surface area contributed by atoms with E-state index in [-0.39, 0.29) is 30.7 Å². The molecule has 0 fully saturated rings. The molecule has 2 rings (SSSR count). The van der Waals surface area contributed by atoms with E-state index in [1.54, 1.807) is 77.9 Å². The zero-order chi connectivity index (χ0) is 34.4. The molecular weight excluding hydrogens is 580 g/mol. The van der Waals surface area contributed by atoms with E-state index < -0.39 is 35.2 Å². The lowest BCUT2D eigenvalue weighted by Crippen LogP contribution is -2.40. The second-order valence-electron chi connectivity index (χ2n) is 12.5. The fraction of sp³-hybridized carbons (Fsp3) is 0.500. The van der Waals surface area contributed by atoms with Gasteiger partial charge in [0, 0.05) is 6.92 Å². The van der Waals surface area contributed by atoms with Gasteiger partial charge in [0.1, 0.15) is 28.5 Å². The maximum atomic E-state index is 11.7. The zero-order valence-electron chi connectivity index (χ0n) is 27.9. The molecule has 0 aromatic heterocycles. The van der Waals surface area contributed by atoms with E-state index in [1.807, 2.05) is 12.1 Å². The van der Waals surface area contributed by atoms with Gasteiger partial charge in [-0.25, -0.2) is 9.59 Å². The van der Waals surface area contributed by atoms with E-state index in [0.29, 0.717) is 24.3 Å². The number of rotatable bonds is 13. The molecule has 2 unspecified atom stereocenters. The highest BCUT2D eigenvalue weighted by Crippen LogP contribution is 2.17. The largest absolute Gasteiger partial charge is 0.482 e. The monoisotopic (exact) mass is 628 g/mol. The van der Waals surface area contributed by atoms with Crippen LogP contribution in [-0.4, -0.2) is 65.9 Å². The molecule has 2 aromatic carbocycles.